The molecule has 0 radical (unpaired) electrons. The average molecular weight is 381 g/mol. The Kier molecular flexibility index (Phi) is 5.54. The van der Waals surface area contributed by atoms with Gasteiger partial charge in [-0.05, 0) is 47.5 Å². The Balaban J connectivity index is 1.44. The molecule has 3 aromatic carbocycles. The molecule has 1 aromatic heterocycles. The summed E-state index contributed by atoms with van der Waals surface area (Å²) < 4.78 is 13.7. The third-order valence-corrected chi connectivity index (χ3v) is 4.39. The minimum absolute atomic E-state index is 0.490. The van der Waals surface area contributed by atoms with Crippen LogP contribution in [0.25, 0.3) is 0 Å². The van der Waals surface area contributed by atoms with Crippen molar-refractivity contribution >= 4 is 0 Å². The van der Waals surface area contributed by atoms with Gasteiger partial charge in [-0.25, -0.2) is 4.98 Å². The summed E-state index contributed by atoms with van der Waals surface area (Å²) in [4.78, 5) is 4.05. The van der Waals surface area contributed by atoms with Crippen molar-refractivity contribution in [3.05, 3.63) is 108 Å². The molecule has 0 aliphatic rings. The first-order valence-corrected chi connectivity index (χ1v) is 9.23. The van der Waals surface area contributed by atoms with Crippen molar-refractivity contribution < 1.29 is 9.47 Å². The fourth-order valence-electron chi connectivity index (χ4n) is 2.90. The predicted octanol–water partition coefficient (Wildman–Crippen LogP) is 5.17. The maximum absolute atomic E-state index is 9.40. The number of aromatic nitrogens is 2. The van der Waals surface area contributed by atoms with Crippen LogP contribution in [0.1, 0.15) is 16.7 Å². The number of ether oxygens (including phenoxy) is 2. The maximum atomic E-state index is 9.40. The third-order valence-electron chi connectivity index (χ3n) is 4.39. The first-order valence-electron chi connectivity index (χ1n) is 9.23. The molecule has 0 aliphatic carbocycles. The van der Waals surface area contributed by atoms with Gasteiger partial charge in [-0.2, -0.15) is 5.26 Å². The molecular formula is C24H19N3O2. The van der Waals surface area contributed by atoms with Gasteiger partial charge in [0.1, 0.15) is 29.9 Å². The van der Waals surface area contributed by atoms with E-state index in [0.717, 1.165) is 16.9 Å². The third kappa shape index (κ3) is 4.82. The molecule has 4 aromatic rings. The molecule has 5 heteroatoms. The summed E-state index contributed by atoms with van der Waals surface area (Å²) in [5.74, 6) is 1.94. The lowest BCUT2D eigenvalue weighted by atomic mass is 10.1. The van der Waals surface area contributed by atoms with E-state index < -0.39 is 0 Å². The van der Waals surface area contributed by atoms with E-state index in [2.05, 4.69) is 11.1 Å². The lowest BCUT2D eigenvalue weighted by Gasteiger charge is -2.11. The van der Waals surface area contributed by atoms with E-state index in [4.69, 9.17) is 9.47 Å². The Labute approximate surface area is 169 Å². The lowest BCUT2D eigenvalue weighted by Crippen LogP contribution is -1.98. The van der Waals surface area contributed by atoms with E-state index in [1.807, 2.05) is 77.5 Å². The Hall–Kier alpha value is -4.04. The van der Waals surface area contributed by atoms with Gasteiger partial charge < -0.3 is 14.0 Å². The highest BCUT2D eigenvalue weighted by Crippen LogP contribution is 2.28. The molecule has 0 amide bonds. The molecule has 4 rings (SSSR count). The fourth-order valence-corrected chi connectivity index (χ4v) is 2.90. The number of hydrogen-bond acceptors (Lipinski definition) is 4. The van der Waals surface area contributed by atoms with Crippen LogP contribution in [-0.2, 0) is 13.2 Å². The predicted molar refractivity (Wildman–Crippen MR) is 110 cm³/mol. The van der Waals surface area contributed by atoms with E-state index in [1.54, 1.807) is 18.6 Å². The normalized spacial score (nSPS) is 10.3. The molecule has 1 heterocycles. The maximum Gasteiger partial charge on any atom is 0.145 e. The smallest absolute Gasteiger partial charge is 0.145 e. The number of hydrogen-bond donors (Lipinski definition) is 0. The van der Waals surface area contributed by atoms with Crippen molar-refractivity contribution in [1.82, 2.24) is 9.55 Å². The van der Waals surface area contributed by atoms with Crippen molar-refractivity contribution in [2.45, 2.75) is 13.2 Å². The molecule has 0 saturated carbocycles. The lowest BCUT2D eigenvalue weighted by molar-refractivity contribution is 0.306. The summed E-state index contributed by atoms with van der Waals surface area (Å²) in [6.45, 7) is 1.17. The van der Waals surface area contributed by atoms with Crippen LogP contribution in [-0.4, -0.2) is 9.55 Å². The van der Waals surface area contributed by atoms with Crippen LogP contribution in [0.2, 0.25) is 0 Å². The topological polar surface area (TPSA) is 60.1 Å². The second-order valence-electron chi connectivity index (χ2n) is 6.53. The van der Waals surface area contributed by atoms with E-state index in [1.165, 1.54) is 0 Å². The van der Waals surface area contributed by atoms with Gasteiger partial charge in [-0.15, -0.1) is 0 Å². The first kappa shape index (κ1) is 18.3. The fraction of sp³-hybridized carbons (Fsp3) is 0.0833. The molecule has 5 nitrogen and oxygen atoms in total. The molecular weight excluding hydrogens is 362 g/mol. The Bertz CT molecular complexity index is 1100. The molecule has 0 N–H and O–H groups in total. The number of nitrogens with zero attached hydrogens (tertiary/aromatic N) is 3. The molecule has 0 unspecified atom stereocenters. The molecule has 142 valence electrons. The largest absolute Gasteiger partial charge is 0.489 e. The monoisotopic (exact) mass is 381 g/mol. The van der Waals surface area contributed by atoms with Crippen molar-refractivity contribution in [2.24, 2.45) is 0 Å². The summed E-state index contributed by atoms with van der Waals surface area (Å²) in [6, 6.07) is 25.2. The van der Waals surface area contributed by atoms with Crippen LogP contribution in [0.15, 0.2) is 91.5 Å². The van der Waals surface area contributed by atoms with Gasteiger partial charge in [0.15, 0.2) is 0 Å². The number of nitriles is 1. The molecule has 0 aliphatic heterocycles. The van der Waals surface area contributed by atoms with Gasteiger partial charge in [-0.3, -0.25) is 0 Å². The van der Waals surface area contributed by atoms with Crippen LogP contribution in [0.5, 0.6) is 17.2 Å². The summed E-state index contributed by atoms with van der Waals surface area (Å²) in [5.41, 5.74) is 2.63. The molecule has 0 fully saturated rings. The first-order chi connectivity index (χ1) is 14.3. The summed E-state index contributed by atoms with van der Waals surface area (Å²) >= 11 is 0. The number of imidazole rings is 1. The van der Waals surface area contributed by atoms with Crippen LogP contribution in [0, 0.1) is 11.3 Å². The zero-order valence-corrected chi connectivity index (χ0v) is 15.7. The highest BCUT2D eigenvalue weighted by molar-refractivity contribution is 5.48. The highest BCUT2D eigenvalue weighted by Gasteiger charge is 2.08. The van der Waals surface area contributed by atoms with Crippen molar-refractivity contribution in [2.75, 3.05) is 0 Å². The zero-order chi connectivity index (χ0) is 19.9. The van der Waals surface area contributed by atoms with Crippen molar-refractivity contribution in [3.63, 3.8) is 0 Å². The second kappa shape index (κ2) is 8.77. The van der Waals surface area contributed by atoms with E-state index in [-0.39, 0.29) is 0 Å². The standard InChI is InChI=1S/C24H19N3O2/c25-15-21-7-6-20(16-27-13-12-26-18-27)14-24(21)29-23-10-8-22(9-11-23)28-17-19-4-2-1-3-5-19/h1-14,18H,16-17H2. The summed E-state index contributed by atoms with van der Waals surface area (Å²) in [6.07, 6.45) is 5.39. The van der Waals surface area contributed by atoms with Gasteiger partial charge >= 0.3 is 0 Å². The molecule has 0 saturated heterocycles. The summed E-state index contributed by atoms with van der Waals surface area (Å²) in [5, 5.41) is 9.40. The number of rotatable bonds is 7. The Morgan fingerprint density at radius 3 is 2.41 bits per heavy atom. The van der Waals surface area contributed by atoms with Crippen LogP contribution in [0.3, 0.4) is 0 Å². The van der Waals surface area contributed by atoms with Crippen LogP contribution in [0.4, 0.5) is 0 Å². The molecule has 29 heavy (non-hydrogen) atoms. The Morgan fingerprint density at radius 1 is 0.897 bits per heavy atom. The van der Waals surface area contributed by atoms with Crippen molar-refractivity contribution in [3.8, 4) is 23.3 Å². The van der Waals surface area contributed by atoms with Crippen LogP contribution < -0.4 is 9.47 Å². The van der Waals surface area contributed by atoms with E-state index >= 15 is 0 Å². The second-order valence-corrected chi connectivity index (χ2v) is 6.53. The molecule has 0 spiro atoms. The van der Waals surface area contributed by atoms with Gasteiger partial charge in [0, 0.05) is 18.9 Å². The van der Waals surface area contributed by atoms with Gasteiger partial charge in [0.05, 0.1) is 11.9 Å². The minimum atomic E-state index is 0.490. The average Bonchev–Trinajstić information content (AvgIpc) is 3.27. The van der Waals surface area contributed by atoms with E-state index in [9.17, 15) is 5.26 Å². The molecule has 0 bridgehead atoms. The van der Waals surface area contributed by atoms with E-state index in [0.29, 0.717) is 30.2 Å². The van der Waals surface area contributed by atoms with Gasteiger partial charge in [0.25, 0.3) is 0 Å². The van der Waals surface area contributed by atoms with Gasteiger partial charge in [0.2, 0.25) is 0 Å². The minimum Gasteiger partial charge on any atom is -0.489 e. The Morgan fingerprint density at radius 2 is 1.69 bits per heavy atom. The SMILES string of the molecule is N#Cc1ccc(Cn2ccnc2)cc1Oc1ccc(OCc2ccccc2)cc1. The zero-order valence-electron chi connectivity index (χ0n) is 15.7. The number of benzene rings is 3. The summed E-state index contributed by atoms with van der Waals surface area (Å²) in [7, 11) is 0. The van der Waals surface area contributed by atoms with Gasteiger partial charge in [-0.1, -0.05) is 36.4 Å². The highest BCUT2D eigenvalue weighted by atomic mass is 16.5. The molecule has 0 atom stereocenters. The van der Waals surface area contributed by atoms with Crippen molar-refractivity contribution in [1.29, 1.82) is 5.26 Å². The van der Waals surface area contributed by atoms with Crippen LogP contribution >= 0.6 is 0 Å². The quantitative estimate of drug-likeness (QED) is 0.443.